The van der Waals surface area contributed by atoms with Gasteiger partial charge in [-0.2, -0.15) is 0 Å². The molecule has 0 aliphatic rings. The van der Waals surface area contributed by atoms with Crippen molar-refractivity contribution >= 4 is 23.2 Å². The number of nitro benzene ring substituents is 1. The van der Waals surface area contributed by atoms with Crippen LogP contribution in [0.3, 0.4) is 0 Å². The van der Waals surface area contributed by atoms with Gasteiger partial charge in [-0.3, -0.25) is 10.1 Å². The van der Waals surface area contributed by atoms with E-state index in [0.717, 1.165) is 5.69 Å². The first-order valence-corrected chi connectivity index (χ1v) is 6.95. The van der Waals surface area contributed by atoms with Crippen LogP contribution in [0.1, 0.15) is 15.9 Å². The van der Waals surface area contributed by atoms with Gasteiger partial charge in [0.1, 0.15) is 0 Å². The van der Waals surface area contributed by atoms with E-state index in [-0.39, 0.29) is 17.1 Å². The van der Waals surface area contributed by atoms with Crippen molar-refractivity contribution in [3.05, 3.63) is 69.8 Å². The molecule has 2 aromatic carbocycles. The number of amidine groups is 1. The second-order valence-corrected chi connectivity index (χ2v) is 5.10. The minimum Gasteiger partial charge on any atom is -0.380 e. The molecule has 8 heteroatoms. The SMILES string of the molecule is CN(C)c1ccc(/C(N)=N\OC(=O)c2ccc([N+](=O)[O-])cc2)cc1. The molecule has 124 valence electrons. The lowest BCUT2D eigenvalue weighted by Gasteiger charge is -2.12. The number of rotatable bonds is 5. The van der Waals surface area contributed by atoms with Gasteiger partial charge in [0.15, 0.2) is 5.84 Å². The van der Waals surface area contributed by atoms with Crippen molar-refractivity contribution in [1.29, 1.82) is 0 Å². The second-order valence-electron chi connectivity index (χ2n) is 5.10. The van der Waals surface area contributed by atoms with Gasteiger partial charge in [-0.1, -0.05) is 5.16 Å². The number of benzene rings is 2. The number of nitro groups is 1. The largest absolute Gasteiger partial charge is 0.380 e. The van der Waals surface area contributed by atoms with Crippen LogP contribution in [-0.2, 0) is 4.84 Å². The number of carbonyl (C=O) groups is 1. The van der Waals surface area contributed by atoms with Gasteiger partial charge in [0.2, 0.25) is 0 Å². The van der Waals surface area contributed by atoms with E-state index in [2.05, 4.69) is 5.16 Å². The number of nitrogens with zero attached hydrogens (tertiary/aromatic N) is 3. The van der Waals surface area contributed by atoms with Crippen LogP contribution >= 0.6 is 0 Å². The molecule has 0 atom stereocenters. The van der Waals surface area contributed by atoms with Gasteiger partial charge in [0.05, 0.1) is 10.5 Å². The van der Waals surface area contributed by atoms with Gasteiger partial charge in [-0.15, -0.1) is 0 Å². The predicted octanol–water partition coefficient (Wildman–Crippen LogP) is 2.14. The highest BCUT2D eigenvalue weighted by atomic mass is 16.7. The Morgan fingerprint density at radius 1 is 1.08 bits per heavy atom. The number of carbonyl (C=O) groups excluding carboxylic acids is 1. The van der Waals surface area contributed by atoms with Gasteiger partial charge < -0.3 is 15.5 Å². The Balaban J connectivity index is 2.05. The van der Waals surface area contributed by atoms with Crippen LogP contribution < -0.4 is 10.6 Å². The summed E-state index contributed by atoms with van der Waals surface area (Å²) in [7, 11) is 3.83. The van der Waals surface area contributed by atoms with Crippen LogP contribution in [0.5, 0.6) is 0 Å². The average Bonchev–Trinajstić information content (AvgIpc) is 2.59. The summed E-state index contributed by atoms with van der Waals surface area (Å²) in [6.45, 7) is 0. The molecular formula is C16H16N4O4. The molecule has 0 aromatic heterocycles. The normalized spacial score (nSPS) is 11.0. The van der Waals surface area contributed by atoms with Crippen LogP contribution in [0, 0.1) is 10.1 Å². The lowest BCUT2D eigenvalue weighted by Crippen LogP contribution is -2.16. The third-order valence-electron chi connectivity index (χ3n) is 3.22. The maximum atomic E-state index is 11.8. The Morgan fingerprint density at radius 2 is 1.62 bits per heavy atom. The fraction of sp³-hybridized carbons (Fsp3) is 0.125. The van der Waals surface area contributed by atoms with E-state index >= 15 is 0 Å². The first-order chi connectivity index (χ1) is 11.4. The van der Waals surface area contributed by atoms with E-state index in [0.29, 0.717) is 5.56 Å². The summed E-state index contributed by atoms with van der Waals surface area (Å²) in [5, 5.41) is 14.2. The highest BCUT2D eigenvalue weighted by Crippen LogP contribution is 2.14. The predicted molar refractivity (Wildman–Crippen MR) is 90.0 cm³/mol. The molecule has 8 nitrogen and oxygen atoms in total. The molecule has 0 fully saturated rings. The van der Waals surface area contributed by atoms with E-state index in [1.165, 1.54) is 24.3 Å². The zero-order chi connectivity index (χ0) is 17.7. The molecular weight excluding hydrogens is 312 g/mol. The van der Waals surface area contributed by atoms with Gasteiger partial charge >= 0.3 is 5.97 Å². The van der Waals surface area contributed by atoms with E-state index in [1.54, 1.807) is 12.1 Å². The molecule has 0 radical (unpaired) electrons. The number of hydrogen-bond acceptors (Lipinski definition) is 6. The zero-order valence-electron chi connectivity index (χ0n) is 13.2. The highest BCUT2D eigenvalue weighted by Gasteiger charge is 2.11. The number of anilines is 1. The summed E-state index contributed by atoms with van der Waals surface area (Å²) >= 11 is 0. The van der Waals surface area contributed by atoms with Gasteiger partial charge in [-0.25, -0.2) is 4.79 Å². The third-order valence-corrected chi connectivity index (χ3v) is 3.22. The molecule has 0 saturated heterocycles. The van der Waals surface area contributed by atoms with Crippen molar-refractivity contribution in [3.8, 4) is 0 Å². The van der Waals surface area contributed by atoms with E-state index in [9.17, 15) is 14.9 Å². The molecule has 0 unspecified atom stereocenters. The highest BCUT2D eigenvalue weighted by molar-refractivity contribution is 5.98. The van der Waals surface area contributed by atoms with Crippen LogP contribution in [0.2, 0.25) is 0 Å². The lowest BCUT2D eigenvalue weighted by atomic mass is 10.2. The summed E-state index contributed by atoms with van der Waals surface area (Å²) < 4.78 is 0. The summed E-state index contributed by atoms with van der Waals surface area (Å²) in [5.74, 6) is -0.701. The molecule has 0 aliphatic heterocycles. The Morgan fingerprint density at radius 3 is 2.12 bits per heavy atom. The molecule has 0 spiro atoms. The van der Waals surface area contributed by atoms with Crippen molar-refractivity contribution in [2.45, 2.75) is 0 Å². The smallest absolute Gasteiger partial charge is 0.365 e. The Kier molecular flexibility index (Phi) is 5.10. The number of nitrogens with two attached hydrogens (primary N) is 1. The first-order valence-electron chi connectivity index (χ1n) is 6.95. The number of hydrogen-bond donors (Lipinski definition) is 1. The first kappa shape index (κ1) is 16.9. The van der Waals surface area contributed by atoms with E-state index in [1.807, 2.05) is 31.1 Å². The average molecular weight is 328 g/mol. The molecule has 2 N–H and O–H groups in total. The van der Waals surface area contributed by atoms with Crippen molar-refractivity contribution in [2.24, 2.45) is 10.9 Å². The van der Waals surface area contributed by atoms with Crippen LogP contribution in [0.4, 0.5) is 11.4 Å². The molecule has 0 amide bonds. The van der Waals surface area contributed by atoms with Gasteiger partial charge in [0, 0.05) is 37.5 Å². The summed E-state index contributed by atoms with van der Waals surface area (Å²) in [6, 6.07) is 12.2. The van der Waals surface area contributed by atoms with E-state index in [4.69, 9.17) is 10.6 Å². The Bertz CT molecular complexity index is 768. The monoisotopic (exact) mass is 328 g/mol. The minimum atomic E-state index is -0.752. The third kappa shape index (κ3) is 4.07. The molecule has 0 aliphatic carbocycles. The lowest BCUT2D eigenvalue weighted by molar-refractivity contribution is -0.384. The maximum absolute atomic E-state index is 11.8. The summed E-state index contributed by atoms with van der Waals surface area (Å²) in [5.41, 5.74) is 7.41. The molecule has 0 saturated carbocycles. The van der Waals surface area contributed by atoms with Crippen LogP contribution in [-0.4, -0.2) is 30.8 Å². The molecule has 2 aromatic rings. The van der Waals surface area contributed by atoms with Crippen molar-refractivity contribution in [2.75, 3.05) is 19.0 Å². The number of oxime groups is 1. The van der Waals surface area contributed by atoms with Crippen LogP contribution in [0.15, 0.2) is 53.7 Å². The van der Waals surface area contributed by atoms with Crippen LogP contribution in [0.25, 0.3) is 0 Å². The van der Waals surface area contributed by atoms with Crippen molar-refractivity contribution in [3.63, 3.8) is 0 Å². The van der Waals surface area contributed by atoms with Crippen molar-refractivity contribution in [1.82, 2.24) is 0 Å². The van der Waals surface area contributed by atoms with E-state index < -0.39 is 10.9 Å². The van der Waals surface area contributed by atoms with Gasteiger partial charge in [-0.05, 0) is 36.4 Å². The number of non-ortho nitro benzene ring substituents is 1. The standard InChI is InChI=1S/C16H16N4O4/c1-19(2)13-7-3-11(4-8-13)15(17)18-24-16(21)12-5-9-14(10-6-12)20(22)23/h3-10H,1-2H3,(H2,17,18). The Labute approximate surface area is 138 Å². The van der Waals surface area contributed by atoms with Crippen molar-refractivity contribution < 1.29 is 14.6 Å². The Hall–Kier alpha value is -3.42. The molecule has 0 bridgehead atoms. The maximum Gasteiger partial charge on any atom is 0.365 e. The fourth-order valence-corrected chi connectivity index (χ4v) is 1.85. The topological polar surface area (TPSA) is 111 Å². The quantitative estimate of drug-likeness (QED) is 0.296. The molecule has 0 heterocycles. The zero-order valence-corrected chi connectivity index (χ0v) is 13.2. The second kappa shape index (κ2) is 7.23. The summed E-state index contributed by atoms with van der Waals surface area (Å²) in [4.78, 5) is 28.6. The fourth-order valence-electron chi connectivity index (χ4n) is 1.85. The minimum absolute atomic E-state index is 0.0515. The molecule has 24 heavy (non-hydrogen) atoms. The van der Waals surface area contributed by atoms with Gasteiger partial charge in [0.25, 0.3) is 5.69 Å². The molecule has 2 rings (SSSR count). The summed E-state index contributed by atoms with van der Waals surface area (Å²) in [6.07, 6.45) is 0.